The van der Waals surface area contributed by atoms with Crippen molar-refractivity contribution in [3.05, 3.63) is 18.7 Å². The van der Waals surface area contributed by atoms with E-state index in [9.17, 15) is 9.90 Å². The summed E-state index contributed by atoms with van der Waals surface area (Å²) in [5.41, 5.74) is -1.14. The predicted molar refractivity (Wildman–Crippen MR) is 125 cm³/mol. The zero-order valence-electron chi connectivity index (χ0n) is 17.8. The predicted octanol–water partition coefficient (Wildman–Crippen LogP) is 5.81. The van der Waals surface area contributed by atoms with E-state index in [0.29, 0.717) is 11.8 Å². The average molecular weight is 522 g/mol. The second-order valence-corrected chi connectivity index (χ2v) is 11.4. The molecule has 5 nitrogen and oxygen atoms in total. The Labute approximate surface area is 186 Å². The third-order valence-corrected chi connectivity index (χ3v) is 8.61. The first-order chi connectivity index (χ1) is 13.1. The molecule has 0 unspecified atom stereocenters. The lowest BCUT2D eigenvalue weighted by Crippen LogP contribution is -2.52. The summed E-state index contributed by atoms with van der Waals surface area (Å²) in [6, 6.07) is 0.164. The Hall–Kier alpha value is -0.280. The van der Waals surface area contributed by atoms with Crippen LogP contribution in [0.15, 0.2) is 18.7 Å². The number of carbonyl (C=O) groups is 1. The molecule has 1 aromatic heterocycles. The molecule has 7 heteroatoms. The van der Waals surface area contributed by atoms with Gasteiger partial charge in [-0.2, -0.15) is 0 Å². The Balaban J connectivity index is 1.95. The highest BCUT2D eigenvalue weighted by molar-refractivity contribution is 14.2. The average Bonchev–Trinajstić information content (AvgIpc) is 3.24. The first kappa shape index (κ1) is 24.0. The van der Waals surface area contributed by atoms with Gasteiger partial charge in [-0.25, -0.2) is 4.98 Å². The van der Waals surface area contributed by atoms with E-state index in [4.69, 9.17) is 0 Å². The second kappa shape index (κ2) is 10.2. The fourth-order valence-electron chi connectivity index (χ4n) is 4.58. The fraction of sp³-hybridized carbons (Fsp3) is 0.810. The summed E-state index contributed by atoms with van der Waals surface area (Å²) in [5.74, 6) is 1.42. The van der Waals surface area contributed by atoms with E-state index in [0.717, 1.165) is 18.9 Å². The molecule has 1 aliphatic carbocycles. The van der Waals surface area contributed by atoms with Crippen molar-refractivity contribution in [3.63, 3.8) is 0 Å². The van der Waals surface area contributed by atoms with E-state index < -0.39 is 11.4 Å². The summed E-state index contributed by atoms with van der Waals surface area (Å²) in [7, 11) is 1.58. The number of aryl methyl sites for hydroxylation is 1. The molecule has 0 bridgehead atoms. The number of hydrogen-bond acceptors (Lipinski definition) is 4. The number of carboxylic acid groups (broad SMARTS) is 1. The zero-order chi connectivity index (χ0) is 20.9. The summed E-state index contributed by atoms with van der Waals surface area (Å²) in [5, 5.41) is 9.78. The lowest BCUT2D eigenvalue weighted by Gasteiger charge is -2.45. The van der Waals surface area contributed by atoms with Crippen LogP contribution in [0.25, 0.3) is 0 Å². The van der Waals surface area contributed by atoms with Crippen LogP contribution in [0.5, 0.6) is 0 Å². The van der Waals surface area contributed by atoms with Crippen LogP contribution in [0.1, 0.15) is 66.7 Å². The number of nitrogens with one attached hydrogen (secondary N) is 1. The maximum Gasteiger partial charge on any atom is 0.309 e. The van der Waals surface area contributed by atoms with Gasteiger partial charge < -0.3 is 9.67 Å². The molecule has 2 N–H and O–H groups in total. The van der Waals surface area contributed by atoms with Gasteiger partial charge in [-0.15, -0.1) is 0 Å². The Morgan fingerprint density at radius 2 is 2.11 bits per heavy atom. The number of carboxylic acids is 1. The van der Waals surface area contributed by atoms with E-state index >= 15 is 0 Å². The van der Waals surface area contributed by atoms with Crippen LogP contribution in [0, 0.1) is 28.6 Å². The van der Waals surface area contributed by atoms with Crippen LogP contribution in [-0.2, 0) is 11.3 Å². The van der Waals surface area contributed by atoms with E-state index in [-0.39, 0.29) is 11.5 Å². The number of halogens is 1. The fourth-order valence-corrected chi connectivity index (χ4v) is 6.00. The molecule has 1 aromatic rings. The summed E-state index contributed by atoms with van der Waals surface area (Å²) < 4.78 is 5.69. The van der Waals surface area contributed by atoms with Gasteiger partial charge in [0.05, 0.1) is 11.7 Å². The van der Waals surface area contributed by atoms with E-state index in [1.165, 1.54) is 25.7 Å². The number of imidazole rings is 1. The van der Waals surface area contributed by atoms with Crippen molar-refractivity contribution in [3.8, 4) is 0 Å². The van der Waals surface area contributed by atoms with Crippen LogP contribution in [0.4, 0.5) is 0 Å². The topological polar surface area (TPSA) is 67.2 Å². The molecule has 160 valence electrons. The largest absolute Gasteiger partial charge is 0.481 e. The van der Waals surface area contributed by atoms with Crippen LogP contribution >= 0.6 is 30.3 Å². The molecule has 0 aliphatic heterocycles. The van der Waals surface area contributed by atoms with E-state index in [1.54, 1.807) is 9.12 Å². The molecular weight excluding hydrogens is 485 g/mol. The lowest BCUT2D eigenvalue weighted by molar-refractivity contribution is -0.155. The third kappa shape index (κ3) is 5.65. The van der Waals surface area contributed by atoms with Crippen LogP contribution in [-0.4, -0.2) is 26.7 Å². The zero-order valence-corrected chi connectivity index (χ0v) is 20.8. The SMILES string of the molecule is C[C@H]1C[C@@H](CCCn2ccnc2)C[C@@H]1C[C@H](NSI)C(C)(C)C(C)(C)C(=O)O. The highest BCUT2D eigenvalue weighted by Crippen LogP contribution is 2.48. The number of aliphatic carboxylic acids is 1. The molecule has 1 fully saturated rings. The minimum absolute atomic E-state index is 0.164. The van der Waals surface area contributed by atoms with Gasteiger partial charge in [0.15, 0.2) is 0 Å². The number of hydrogen-bond donors (Lipinski definition) is 2. The molecular formula is C21H36IN3O2S. The van der Waals surface area contributed by atoms with Crippen molar-refractivity contribution in [2.75, 3.05) is 0 Å². The van der Waals surface area contributed by atoms with Gasteiger partial charge in [-0.05, 0) is 78.2 Å². The lowest BCUT2D eigenvalue weighted by atomic mass is 9.62. The monoisotopic (exact) mass is 521 g/mol. The molecule has 1 aliphatic rings. The minimum Gasteiger partial charge on any atom is -0.481 e. The van der Waals surface area contributed by atoms with Crippen molar-refractivity contribution < 1.29 is 9.90 Å². The smallest absolute Gasteiger partial charge is 0.309 e. The molecule has 28 heavy (non-hydrogen) atoms. The van der Waals surface area contributed by atoms with Gasteiger partial charge in [0.25, 0.3) is 0 Å². The molecule has 0 aromatic carbocycles. The molecule has 0 spiro atoms. The van der Waals surface area contributed by atoms with Crippen molar-refractivity contribution in [2.24, 2.45) is 28.6 Å². The van der Waals surface area contributed by atoms with Gasteiger partial charge >= 0.3 is 5.97 Å². The van der Waals surface area contributed by atoms with Crippen LogP contribution in [0.3, 0.4) is 0 Å². The number of aromatic nitrogens is 2. The number of nitrogens with zero attached hydrogens (tertiary/aromatic N) is 2. The Morgan fingerprint density at radius 3 is 2.68 bits per heavy atom. The van der Waals surface area contributed by atoms with E-state index in [2.05, 4.69) is 56.2 Å². The minimum atomic E-state index is -0.789. The molecule has 4 atom stereocenters. The standard InChI is InChI=1S/C21H36IN3O2S/c1-15-11-16(7-6-9-25-10-8-23-14-25)12-17(15)13-18(24-28-22)20(2,3)21(4,5)19(26)27/h8,10,14-18,24H,6-7,9,11-13H2,1-5H3,(H,26,27)/t15-,16+,17+,18-/m0/s1. The molecule has 2 rings (SSSR count). The van der Waals surface area contributed by atoms with Crippen LogP contribution < -0.4 is 4.72 Å². The summed E-state index contributed by atoms with van der Waals surface area (Å²) in [4.78, 5) is 16.0. The van der Waals surface area contributed by atoms with Gasteiger partial charge in [-0.3, -0.25) is 9.52 Å². The summed E-state index contributed by atoms with van der Waals surface area (Å²) >= 11 is 2.26. The maximum atomic E-state index is 11.9. The molecule has 0 radical (unpaired) electrons. The van der Waals surface area contributed by atoms with Crippen molar-refractivity contribution in [1.82, 2.24) is 14.3 Å². The molecule has 1 saturated carbocycles. The normalized spacial score (nSPS) is 24.4. The highest BCUT2D eigenvalue weighted by Gasteiger charge is 2.49. The summed E-state index contributed by atoms with van der Waals surface area (Å²) in [6.07, 6.45) is 11.8. The van der Waals surface area contributed by atoms with Gasteiger partial charge in [0.1, 0.15) is 0 Å². The van der Waals surface area contributed by atoms with Crippen molar-refractivity contribution >= 4 is 36.3 Å². The first-order valence-corrected chi connectivity index (χ1v) is 13.7. The summed E-state index contributed by atoms with van der Waals surface area (Å²) in [6.45, 7) is 11.4. The third-order valence-electron chi connectivity index (χ3n) is 7.48. The van der Waals surface area contributed by atoms with Crippen LogP contribution in [0.2, 0.25) is 0 Å². The number of rotatable bonds is 11. The van der Waals surface area contributed by atoms with Crippen molar-refractivity contribution in [2.45, 2.75) is 79.3 Å². The second-order valence-electron chi connectivity index (χ2n) is 9.65. The van der Waals surface area contributed by atoms with Gasteiger partial charge in [0.2, 0.25) is 0 Å². The Morgan fingerprint density at radius 1 is 1.39 bits per heavy atom. The molecule has 1 heterocycles. The Bertz CT molecular complexity index is 621. The highest BCUT2D eigenvalue weighted by atomic mass is 127. The van der Waals surface area contributed by atoms with E-state index in [1.807, 2.05) is 32.6 Å². The first-order valence-electron chi connectivity index (χ1n) is 10.3. The van der Waals surface area contributed by atoms with Crippen molar-refractivity contribution in [1.29, 1.82) is 0 Å². The molecule has 0 saturated heterocycles. The Kier molecular flexibility index (Phi) is 8.70. The van der Waals surface area contributed by atoms with Gasteiger partial charge in [-0.1, -0.05) is 20.8 Å². The maximum absolute atomic E-state index is 11.9. The molecule has 0 amide bonds. The quantitative estimate of drug-likeness (QED) is 0.284. The van der Waals surface area contributed by atoms with Gasteiger partial charge in [0, 0.05) is 46.2 Å².